The Hall–Kier alpha value is -1.35. The van der Waals surface area contributed by atoms with Crippen molar-refractivity contribution in [3.63, 3.8) is 0 Å². The van der Waals surface area contributed by atoms with Gasteiger partial charge in [-0.05, 0) is 56.6 Å². The Morgan fingerprint density at radius 3 is 2.48 bits per heavy atom. The lowest BCUT2D eigenvalue weighted by Gasteiger charge is -2.45. The normalized spacial score (nSPS) is 26.7. The summed E-state index contributed by atoms with van der Waals surface area (Å²) >= 11 is 0. The molecule has 3 nitrogen and oxygen atoms in total. The van der Waals surface area contributed by atoms with E-state index in [1.165, 1.54) is 32.2 Å². The number of fused-ring (bicyclic) bond motifs is 3. The minimum Gasteiger partial charge on any atom is -0.481 e. The fourth-order valence-electron chi connectivity index (χ4n) is 3.98. The summed E-state index contributed by atoms with van der Waals surface area (Å²) in [4.78, 5) is 14.1. The van der Waals surface area contributed by atoms with Crippen molar-refractivity contribution in [2.75, 3.05) is 13.1 Å². The van der Waals surface area contributed by atoms with E-state index in [1.807, 2.05) is 30.3 Å². The number of carbonyl (C=O) groups is 1. The predicted molar refractivity (Wildman–Crippen MR) is 83.2 cm³/mol. The molecule has 114 valence electrons. The molecule has 2 bridgehead atoms. The molecule has 0 spiro atoms. The van der Waals surface area contributed by atoms with Gasteiger partial charge in [-0.2, -0.15) is 0 Å². The fraction of sp³-hybridized carbons (Fsp3) is 0.611. The standard InChI is InChI=1S/C18H25NO2/c20-18(21)16(12-14-4-2-1-3-5-14)10-11-19-13-15-6-8-17(19)9-7-15/h1-5,15-17H,6-13H2,(H,20,21)/t15?,16-,17?/m1/s1. The molecule has 0 aromatic heterocycles. The molecule has 2 saturated heterocycles. The molecule has 0 unspecified atom stereocenters. The maximum absolute atomic E-state index is 11.5. The van der Waals surface area contributed by atoms with E-state index in [0.717, 1.165) is 30.5 Å². The molecular weight excluding hydrogens is 262 g/mol. The first-order valence-corrected chi connectivity index (χ1v) is 8.23. The molecular formula is C18H25NO2. The van der Waals surface area contributed by atoms with Gasteiger partial charge in [0.15, 0.2) is 0 Å². The summed E-state index contributed by atoms with van der Waals surface area (Å²) < 4.78 is 0. The highest BCUT2D eigenvalue weighted by molar-refractivity contribution is 5.70. The smallest absolute Gasteiger partial charge is 0.306 e. The van der Waals surface area contributed by atoms with Crippen LogP contribution in [0.15, 0.2) is 30.3 Å². The summed E-state index contributed by atoms with van der Waals surface area (Å²) in [5.41, 5.74) is 1.13. The average Bonchev–Trinajstić information content (AvgIpc) is 2.53. The summed E-state index contributed by atoms with van der Waals surface area (Å²) in [6.07, 6.45) is 6.83. The molecule has 3 aliphatic rings. The zero-order chi connectivity index (χ0) is 14.7. The van der Waals surface area contributed by atoms with E-state index >= 15 is 0 Å². The van der Waals surface area contributed by atoms with Crippen molar-refractivity contribution in [2.45, 2.75) is 44.6 Å². The Bertz CT molecular complexity index is 465. The lowest BCUT2D eigenvalue weighted by Crippen LogP contribution is -2.48. The van der Waals surface area contributed by atoms with Gasteiger partial charge in [-0.1, -0.05) is 30.3 Å². The summed E-state index contributed by atoms with van der Waals surface area (Å²) in [7, 11) is 0. The van der Waals surface area contributed by atoms with Gasteiger partial charge in [0.25, 0.3) is 0 Å². The van der Waals surface area contributed by atoms with Gasteiger partial charge in [0.2, 0.25) is 0 Å². The van der Waals surface area contributed by atoms with Crippen LogP contribution in [-0.4, -0.2) is 35.1 Å². The third-order valence-electron chi connectivity index (χ3n) is 5.26. The highest BCUT2D eigenvalue weighted by Gasteiger charge is 2.33. The van der Waals surface area contributed by atoms with E-state index < -0.39 is 5.97 Å². The highest BCUT2D eigenvalue weighted by Crippen LogP contribution is 2.35. The molecule has 1 N–H and O–H groups in total. The second kappa shape index (κ2) is 6.61. The van der Waals surface area contributed by atoms with Crippen LogP contribution in [0.4, 0.5) is 0 Å². The molecule has 2 heterocycles. The van der Waals surface area contributed by atoms with E-state index in [1.54, 1.807) is 0 Å². The first-order valence-electron chi connectivity index (χ1n) is 8.23. The quantitative estimate of drug-likeness (QED) is 0.873. The Labute approximate surface area is 127 Å². The minimum atomic E-state index is -0.652. The van der Waals surface area contributed by atoms with Crippen LogP contribution in [0.3, 0.4) is 0 Å². The molecule has 1 saturated carbocycles. The van der Waals surface area contributed by atoms with Crippen LogP contribution in [0.25, 0.3) is 0 Å². The van der Waals surface area contributed by atoms with E-state index in [2.05, 4.69) is 4.90 Å². The second-order valence-electron chi connectivity index (χ2n) is 6.68. The summed E-state index contributed by atoms with van der Waals surface area (Å²) in [5.74, 6) is -0.0405. The fourth-order valence-corrected chi connectivity index (χ4v) is 3.98. The maximum atomic E-state index is 11.5. The molecule has 1 aromatic carbocycles. The van der Waals surface area contributed by atoms with Crippen LogP contribution in [0, 0.1) is 11.8 Å². The first-order chi connectivity index (χ1) is 10.2. The number of piperidine rings is 2. The average molecular weight is 287 g/mol. The molecule has 2 aliphatic heterocycles. The zero-order valence-electron chi connectivity index (χ0n) is 12.6. The Kier molecular flexibility index (Phi) is 4.59. The van der Waals surface area contributed by atoms with E-state index in [0.29, 0.717) is 6.42 Å². The summed E-state index contributed by atoms with van der Waals surface area (Å²) in [6.45, 7) is 2.15. The lowest BCUT2D eigenvalue weighted by molar-refractivity contribution is -0.142. The predicted octanol–water partition coefficient (Wildman–Crippen LogP) is 3.19. The van der Waals surface area contributed by atoms with Gasteiger partial charge in [0.05, 0.1) is 5.92 Å². The Balaban J connectivity index is 1.55. The number of hydrogen-bond donors (Lipinski definition) is 1. The largest absolute Gasteiger partial charge is 0.481 e. The van der Waals surface area contributed by atoms with Crippen LogP contribution in [-0.2, 0) is 11.2 Å². The molecule has 3 heteroatoms. The van der Waals surface area contributed by atoms with Crippen molar-refractivity contribution in [2.24, 2.45) is 11.8 Å². The molecule has 21 heavy (non-hydrogen) atoms. The molecule has 1 aliphatic carbocycles. The van der Waals surface area contributed by atoms with E-state index in [-0.39, 0.29) is 5.92 Å². The van der Waals surface area contributed by atoms with Gasteiger partial charge in [-0.3, -0.25) is 4.79 Å². The number of carboxylic acids is 1. The minimum absolute atomic E-state index is 0.257. The van der Waals surface area contributed by atoms with Gasteiger partial charge in [-0.15, -0.1) is 0 Å². The number of rotatable bonds is 6. The van der Waals surface area contributed by atoms with E-state index in [9.17, 15) is 9.90 Å². The number of nitrogens with zero attached hydrogens (tertiary/aromatic N) is 1. The monoisotopic (exact) mass is 287 g/mol. The molecule has 1 aromatic rings. The number of carboxylic acid groups (broad SMARTS) is 1. The van der Waals surface area contributed by atoms with Gasteiger partial charge in [0.1, 0.15) is 0 Å². The van der Waals surface area contributed by atoms with Crippen LogP contribution in [0.5, 0.6) is 0 Å². The lowest BCUT2D eigenvalue weighted by atomic mass is 9.79. The Morgan fingerprint density at radius 2 is 1.90 bits per heavy atom. The van der Waals surface area contributed by atoms with Crippen LogP contribution in [0.2, 0.25) is 0 Å². The Morgan fingerprint density at radius 1 is 1.19 bits per heavy atom. The molecule has 0 radical (unpaired) electrons. The van der Waals surface area contributed by atoms with Crippen LogP contribution >= 0.6 is 0 Å². The van der Waals surface area contributed by atoms with Crippen molar-refractivity contribution in [1.29, 1.82) is 0 Å². The first kappa shape index (κ1) is 14.6. The van der Waals surface area contributed by atoms with Crippen molar-refractivity contribution in [1.82, 2.24) is 4.90 Å². The van der Waals surface area contributed by atoms with Gasteiger partial charge < -0.3 is 10.0 Å². The van der Waals surface area contributed by atoms with Crippen molar-refractivity contribution in [3.8, 4) is 0 Å². The van der Waals surface area contributed by atoms with Crippen molar-refractivity contribution >= 4 is 5.97 Å². The molecule has 0 amide bonds. The third-order valence-corrected chi connectivity index (χ3v) is 5.26. The number of aliphatic carboxylic acids is 1. The van der Waals surface area contributed by atoms with E-state index in [4.69, 9.17) is 0 Å². The highest BCUT2D eigenvalue weighted by atomic mass is 16.4. The second-order valence-corrected chi connectivity index (χ2v) is 6.68. The van der Waals surface area contributed by atoms with Crippen LogP contribution in [0.1, 0.15) is 37.7 Å². The van der Waals surface area contributed by atoms with Gasteiger partial charge >= 0.3 is 5.97 Å². The molecule has 1 atom stereocenters. The van der Waals surface area contributed by atoms with Crippen molar-refractivity contribution < 1.29 is 9.90 Å². The summed E-state index contributed by atoms with van der Waals surface area (Å²) in [6, 6.07) is 10.7. The summed E-state index contributed by atoms with van der Waals surface area (Å²) in [5, 5.41) is 9.48. The SMILES string of the molecule is O=C(O)[C@H](CCN1CC2CCC1CC2)Cc1ccccc1. The number of benzene rings is 1. The van der Waals surface area contributed by atoms with Crippen molar-refractivity contribution in [3.05, 3.63) is 35.9 Å². The van der Waals surface area contributed by atoms with Gasteiger partial charge in [-0.25, -0.2) is 0 Å². The zero-order valence-corrected chi connectivity index (χ0v) is 12.6. The molecule has 3 fully saturated rings. The molecule has 4 rings (SSSR count). The maximum Gasteiger partial charge on any atom is 0.306 e. The van der Waals surface area contributed by atoms with Crippen LogP contribution < -0.4 is 0 Å². The topological polar surface area (TPSA) is 40.5 Å². The van der Waals surface area contributed by atoms with Gasteiger partial charge in [0, 0.05) is 12.6 Å². The third kappa shape index (κ3) is 3.65. The number of hydrogen-bond acceptors (Lipinski definition) is 2.